The first-order valence-electron chi connectivity index (χ1n) is 8.16. The Morgan fingerprint density at radius 1 is 1.15 bits per heavy atom. The van der Waals surface area contributed by atoms with Crippen LogP contribution < -0.4 is 10.1 Å². The van der Waals surface area contributed by atoms with Crippen LogP contribution in [0.2, 0.25) is 5.02 Å². The number of carbonyl (C=O) groups is 3. The van der Waals surface area contributed by atoms with E-state index < -0.39 is 17.5 Å². The summed E-state index contributed by atoms with van der Waals surface area (Å²) in [6.07, 6.45) is 0.320. The van der Waals surface area contributed by atoms with Gasteiger partial charge in [0.1, 0.15) is 5.75 Å². The molecule has 0 saturated carbocycles. The van der Waals surface area contributed by atoms with Gasteiger partial charge in [0.25, 0.3) is 5.91 Å². The highest BCUT2D eigenvalue weighted by molar-refractivity contribution is 6.30. The molecular weight excluding hydrogens is 356 g/mol. The second-order valence-electron chi connectivity index (χ2n) is 6.25. The SMILES string of the molecule is O=C(CN1C(=O)N[C@]2(CCOc3ccccc32)C1=O)c1ccc(Cl)cc1. The van der Waals surface area contributed by atoms with E-state index in [1.54, 1.807) is 48.5 Å². The number of rotatable bonds is 3. The first kappa shape index (κ1) is 16.6. The van der Waals surface area contributed by atoms with Crippen molar-refractivity contribution in [1.29, 1.82) is 0 Å². The maximum Gasteiger partial charge on any atom is 0.325 e. The molecule has 2 aliphatic rings. The third-order valence-electron chi connectivity index (χ3n) is 4.73. The van der Waals surface area contributed by atoms with Crippen LogP contribution in [0.15, 0.2) is 48.5 Å². The number of amides is 3. The van der Waals surface area contributed by atoms with E-state index in [0.717, 1.165) is 4.90 Å². The Balaban J connectivity index is 1.63. The van der Waals surface area contributed by atoms with E-state index in [1.165, 1.54) is 0 Å². The number of benzene rings is 2. The zero-order valence-electron chi connectivity index (χ0n) is 13.7. The predicted molar refractivity (Wildman–Crippen MR) is 94.3 cm³/mol. The first-order chi connectivity index (χ1) is 12.5. The number of fused-ring (bicyclic) bond motifs is 2. The fraction of sp³-hybridized carbons (Fsp3) is 0.211. The normalized spacial score (nSPS) is 21.3. The molecule has 7 heteroatoms. The molecular formula is C19H15ClN2O4. The smallest absolute Gasteiger partial charge is 0.325 e. The van der Waals surface area contributed by atoms with Gasteiger partial charge in [-0.05, 0) is 30.3 Å². The van der Waals surface area contributed by atoms with Gasteiger partial charge in [-0.2, -0.15) is 0 Å². The van der Waals surface area contributed by atoms with Crippen LogP contribution in [0.4, 0.5) is 4.79 Å². The summed E-state index contributed by atoms with van der Waals surface area (Å²) in [5, 5.41) is 3.28. The van der Waals surface area contributed by atoms with Crippen LogP contribution in [0.25, 0.3) is 0 Å². The van der Waals surface area contributed by atoms with Gasteiger partial charge in [0.15, 0.2) is 11.3 Å². The molecule has 6 nitrogen and oxygen atoms in total. The Bertz CT molecular complexity index is 912. The lowest BCUT2D eigenvalue weighted by Gasteiger charge is -2.33. The van der Waals surface area contributed by atoms with Gasteiger partial charge in [-0.3, -0.25) is 14.5 Å². The fourth-order valence-corrected chi connectivity index (χ4v) is 3.51. The Morgan fingerprint density at radius 2 is 1.88 bits per heavy atom. The largest absolute Gasteiger partial charge is 0.493 e. The minimum atomic E-state index is -1.17. The Morgan fingerprint density at radius 3 is 2.65 bits per heavy atom. The molecule has 1 atom stereocenters. The van der Waals surface area contributed by atoms with Gasteiger partial charge in [0.2, 0.25) is 0 Å². The number of nitrogens with one attached hydrogen (secondary N) is 1. The van der Waals surface area contributed by atoms with Gasteiger partial charge in [0.05, 0.1) is 13.2 Å². The lowest BCUT2D eigenvalue weighted by atomic mass is 9.84. The van der Waals surface area contributed by atoms with Crippen LogP contribution in [0.5, 0.6) is 5.75 Å². The van der Waals surface area contributed by atoms with Crippen LogP contribution in [0, 0.1) is 0 Å². The molecule has 2 heterocycles. The number of para-hydroxylation sites is 1. The van der Waals surface area contributed by atoms with Crippen molar-refractivity contribution in [3.05, 3.63) is 64.7 Å². The van der Waals surface area contributed by atoms with Crippen molar-refractivity contribution in [3.8, 4) is 5.75 Å². The summed E-state index contributed by atoms with van der Waals surface area (Å²) in [4.78, 5) is 39.0. The number of halogens is 1. The molecule has 0 aromatic heterocycles. The van der Waals surface area contributed by atoms with Crippen LogP contribution in [0.3, 0.4) is 0 Å². The van der Waals surface area contributed by atoms with Gasteiger partial charge >= 0.3 is 6.03 Å². The third-order valence-corrected chi connectivity index (χ3v) is 4.98. The van der Waals surface area contributed by atoms with Gasteiger partial charge in [-0.1, -0.05) is 29.8 Å². The number of nitrogens with zero attached hydrogens (tertiary/aromatic N) is 1. The Labute approximate surface area is 154 Å². The molecule has 1 saturated heterocycles. The zero-order valence-corrected chi connectivity index (χ0v) is 14.5. The fourth-order valence-electron chi connectivity index (χ4n) is 3.39. The average Bonchev–Trinajstić information content (AvgIpc) is 2.87. The van der Waals surface area contributed by atoms with Crippen molar-refractivity contribution in [3.63, 3.8) is 0 Å². The molecule has 4 rings (SSSR count). The van der Waals surface area contributed by atoms with E-state index in [-0.39, 0.29) is 12.3 Å². The summed E-state index contributed by atoms with van der Waals surface area (Å²) in [5.74, 6) is -0.193. The second-order valence-corrected chi connectivity index (χ2v) is 6.69. The maximum atomic E-state index is 13.1. The highest BCUT2D eigenvalue weighted by Gasteiger charge is 2.55. The first-order valence-corrected chi connectivity index (χ1v) is 8.54. The van der Waals surface area contributed by atoms with Crippen LogP contribution in [0.1, 0.15) is 22.3 Å². The van der Waals surface area contributed by atoms with E-state index in [2.05, 4.69) is 5.32 Å². The Kier molecular flexibility index (Phi) is 3.92. The molecule has 26 heavy (non-hydrogen) atoms. The van der Waals surface area contributed by atoms with Crippen molar-refractivity contribution in [2.24, 2.45) is 0 Å². The number of carbonyl (C=O) groups excluding carboxylic acids is 3. The van der Waals surface area contributed by atoms with Gasteiger partial charge < -0.3 is 10.1 Å². The zero-order chi connectivity index (χ0) is 18.3. The number of imide groups is 1. The molecule has 1 fully saturated rings. The second kappa shape index (κ2) is 6.14. The van der Waals surface area contributed by atoms with Crippen molar-refractivity contribution in [2.75, 3.05) is 13.2 Å². The molecule has 0 unspecified atom stereocenters. The third kappa shape index (κ3) is 2.54. The summed E-state index contributed by atoms with van der Waals surface area (Å²) < 4.78 is 5.59. The molecule has 1 spiro atoms. The van der Waals surface area contributed by atoms with Crippen LogP contribution in [-0.2, 0) is 10.3 Å². The minimum absolute atomic E-state index is 0.308. The van der Waals surface area contributed by atoms with Crippen molar-refractivity contribution in [1.82, 2.24) is 10.2 Å². The van der Waals surface area contributed by atoms with Gasteiger partial charge in [-0.15, -0.1) is 0 Å². The van der Waals surface area contributed by atoms with Crippen molar-refractivity contribution < 1.29 is 19.1 Å². The number of hydrogen-bond acceptors (Lipinski definition) is 4. The van der Waals surface area contributed by atoms with E-state index in [4.69, 9.17) is 16.3 Å². The van der Waals surface area contributed by atoms with Crippen LogP contribution in [-0.4, -0.2) is 35.8 Å². The molecule has 0 radical (unpaired) electrons. The van der Waals surface area contributed by atoms with Crippen molar-refractivity contribution in [2.45, 2.75) is 12.0 Å². The molecule has 0 aliphatic carbocycles. The number of hydrogen-bond donors (Lipinski definition) is 1. The molecule has 1 N–H and O–H groups in total. The Hall–Kier alpha value is -2.86. The van der Waals surface area contributed by atoms with Gasteiger partial charge in [0, 0.05) is 22.6 Å². The van der Waals surface area contributed by atoms with Crippen molar-refractivity contribution >= 4 is 29.3 Å². The highest BCUT2D eigenvalue weighted by atomic mass is 35.5. The predicted octanol–water partition coefficient (Wildman–Crippen LogP) is 2.75. The standard InChI is InChI=1S/C19H15ClN2O4/c20-13-7-5-12(6-8-13)15(23)11-22-17(24)19(21-18(22)25)9-10-26-16-4-2-1-3-14(16)19/h1-8H,9-11H2,(H,21,25)/t19-/m0/s1. The quantitative estimate of drug-likeness (QED) is 0.666. The lowest BCUT2D eigenvalue weighted by Crippen LogP contribution is -2.47. The van der Waals surface area contributed by atoms with Crippen LogP contribution >= 0.6 is 11.6 Å². The molecule has 2 aliphatic heterocycles. The lowest BCUT2D eigenvalue weighted by molar-refractivity contribution is -0.132. The van der Waals surface area contributed by atoms with E-state index >= 15 is 0 Å². The summed E-state index contributed by atoms with van der Waals surface area (Å²) in [7, 11) is 0. The molecule has 2 aromatic carbocycles. The summed E-state index contributed by atoms with van der Waals surface area (Å²) in [5.41, 5.74) is -0.166. The number of ether oxygens (including phenoxy) is 1. The van der Waals surface area contributed by atoms with E-state index in [9.17, 15) is 14.4 Å². The summed E-state index contributed by atoms with van der Waals surface area (Å²) in [6.45, 7) is -0.0148. The molecule has 0 bridgehead atoms. The summed E-state index contributed by atoms with van der Waals surface area (Å²) >= 11 is 5.83. The summed E-state index contributed by atoms with van der Waals surface area (Å²) in [6, 6.07) is 12.9. The van der Waals surface area contributed by atoms with Gasteiger partial charge in [-0.25, -0.2) is 4.79 Å². The molecule has 132 valence electrons. The average molecular weight is 371 g/mol. The monoisotopic (exact) mass is 370 g/mol. The minimum Gasteiger partial charge on any atom is -0.493 e. The highest BCUT2D eigenvalue weighted by Crippen LogP contribution is 2.40. The topological polar surface area (TPSA) is 75.7 Å². The van der Waals surface area contributed by atoms with E-state index in [0.29, 0.717) is 34.9 Å². The number of urea groups is 1. The van der Waals surface area contributed by atoms with E-state index in [1.807, 2.05) is 0 Å². The molecule has 3 amide bonds. The number of ketones is 1. The molecule has 2 aromatic rings. The number of Topliss-reactive ketones (excluding diaryl/α,β-unsaturated/α-hetero) is 1. The maximum absolute atomic E-state index is 13.1.